The van der Waals surface area contributed by atoms with E-state index in [0.717, 1.165) is 5.56 Å². The summed E-state index contributed by atoms with van der Waals surface area (Å²) < 4.78 is 15.8. The SMILES string of the molecule is CCc1c(-c2cc(C(=O)O)no2)cc(Cl)c2c1OCO2. The third-order valence-corrected chi connectivity index (χ3v) is 3.33. The molecule has 7 heteroatoms. The zero-order valence-corrected chi connectivity index (χ0v) is 11.2. The van der Waals surface area contributed by atoms with Crippen LogP contribution in [0.1, 0.15) is 23.0 Å². The minimum atomic E-state index is -1.15. The maximum atomic E-state index is 10.9. The summed E-state index contributed by atoms with van der Waals surface area (Å²) in [5.41, 5.74) is 1.34. The number of carbonyl (C=O) groups is 1. The lowest BCUT2D eigenvalue weighted by Crippen LogP contribution is -1.95. The molecule has 0 saturated heterocycles. The highest BCUT2D eigenvalue weighted by atomic mass is 35.5. The summed E-state index contributed by atoms with van der Waals surface area (Å²) >= 11 is 6.14. The van der Waals surface area contributed by atoms with E-state index < -0.39 is 5.97 Å². The first-order valence-corrected chi connectivity index (χ1v) is 6.31. The molecule has 0 fully saturated rings. The average Bonchev–Trinajstić information content (AvgIpc) is 3.07. The van der Waals surface area contributed by atoms with Gasteiger partial charge in [-0.15, -0.1) is 0 Å². The Bertz CT molecular complexity index is 694. The third kappa shape index (κ3) is 1.89. The van der Waals surface area contributed by atoms with Crippen molar-refractivity contribution in [3.63, 3.8) is 0 Å². The van der Waals surface area contributed by atoms with Crippen molar-refractivity contribution in [2.45, 2.75) is 13.3 Å². The van der Waals surface area contributed by atoms with Crippen LogP contribution < -0.4 is 9.47 Å². The predicted molar refractivity (Wildman–Crippen MR) is 69.4 cm³/mol. The topological polar surface area (TPSA) is 81.8 Å². The van der Waals surface area contributed by atoms with Gasteiger partial charge in [-0.1, -0.05) is 23.7 Å². The molecule has 2 heterocycles. The van der Waals surface area contributed by atoms with Gasteiger partial charge in [-0.25, -0.2) is 4.79 Å². The van der Waals surface area contributed by atoms with Crippen LogP contribution in [-0.2, 0) is 6.42 Å². The van der Waals surface area contributed by atoms with E-state index in [4.69, 9.17) is 30.7 Å². The van der Waals surface area contributed by atoms with Crippen molar-refractivity contribution in [1.29, 1.82) is 0 Å². The Labute approximate surface area is 118 Å². The number of hydrogen-bond acceptors (Lipinski definition) is 5. The van der Waals surface area contributed by atoms with Gasteiger partial charge in [0.2, 0.25) is 6.79 Å². The number of hydrogen-bond donors (Lipinski definition) is 1. The molecule has 104 valence electrons. The van der Waals surface area contributed by atoms with Crippen molar-refractivity contribution in [2.24, 2.45) is 0 Å². The normalized spacial score (nSPS) is 12.7. The molecule has 0 amide bonds. The van der Waals surface area contributed by atoms with Gasteiger partial charge in [-0.3, -0.25) is 0 Å². The summed E-state index contributed by atoms with van der Waals surface area (Å²) in [7, 11) is 0. The molecule has 1 aliphatic rings. The zero-order valence-electron chi connectivity index (χ0n) is 10.5. The van der Waals surface area contributed by atoms with Crippen LogP contribution in [0.15, 0.2) is 16.7 Å². The molecule has 20 heavy (non-hydrogen) atoms. The molecule has 1 aliphatic heterocycles. The van der Waals surface area contributed by atoms with Gasteiger partial charge < -0.3 is 19.1 Å². The van der Waals surface area contributed by atoms with Crippen LogP contribution in [0.2, 0.25) is 5.02 Å². The summed E-state index contributed by atoms with van der Waals surface area (Å²) in [5, 5.41) is 12.8. The number of ether oxygens (including phenoxy) is 2. The smallest absolute Gasteiger partial charge is 0.358 e. The summed E-state index contributed by atoms with van der Waals surface area (Å²) in [6, 6.07) is 3.02. The fraction of sp³-hybridized carbons (Fsp3) is 0.231. The van der Waals surface area contributed by atoms with E-state index in [-0.39, 0.29) is 12.5 Å². The summed E-state index contributed by atoms with van der Waals surface area (Å²) in [6.07, 6.45) is 0.654. The molecule has 0 bridgehead atoms. The maximum absolute atomic E-state index is 10.9. The van der Waals surface area contributed by atoms with E-state index in [1.54, 1.807) is 6.07 Å². The lowest BCUT2D eigenvalue weighted by atomic mass is 10.0. The van der Waals surface area contributed by atoms with Gasteiger partial charge in [0.15, 0.2) is 23.0 Å². The van der Waals surface area contributed by atoms with E-state index in [0.29, 0.717) is 34.3 Å². The Kier molecular flexibility index (Phi) is 3.02. The van der Waals surface area contributed by atoms with E-state index in [9.17, 15) is 4.79 Å². The molecule has 0 spiro atoms. The second kappa shape index (κ2) is 4.72. The molecule has 1 aromatic carbocycles. The van der Waals surface area contributed by atoms with E-state index in [1.165, 1.54) is 6.07 Å². The summed E-state index contributed by atoms with van der Waals surface area (Å²) in [6.45, 7) is 2.06. The molecule has 0 saturated carbocycles. The summed E-state index contributed by atoms with van der Waals surface area (Å²) in [4.78, 5) is 10.9. The van der Waals surface area contributed by atoms with Crippen molar-refractivity contribution in [2.75, 3.05) is 6.79 Å². The molecule has 1 aromatic heterocycles. The number of aromatic carboxylic acids is 1. The Morgan fingerprint density at radius 2 is 2.15 bits per heavy atom. The monoisotopic (exact) mass is 295 g/mol. The average molecular weight is 296 g/mol. The number of halogens is 1. The fourth-order valence-electron chi connectivity index (χ4n) is 2.16. The Morgan fingerprint density at radius 1 is 1.40 bits per heavy atom. The van der Waals surface area contributed by atoms with Crippen LogP contribution in [0.4, 0.5) is 0 Å². The fourth-order valence-corrected chi connectivity index (χ4v) is 2.40. The van der Waals surface area contributed by atoms with E-state index in [1.807, 2.05) is 6.92 Å². The standard InChI is InChI=1S/C13H10ClNO5/c1-2-6-7(10-4-9(13(16)17)15-20-10)3-8(14)12-11(6)18-5-19-12/h3-4H,2,5H2,1H3,(H,16,17). The van der Waals surface area contributed by atoms with Crippen LogP contribution in [-0.4, -0.2) is 23.0 Å². The van der Waals surface area contributed by atoms with Gasteiger partial charge in [0.05, 0.1) is 5.02 Å². The molecule has 6 nitrogen and oxygen atoms in total. The Hall–Kier alpha value is -2.21. The lowest BCUT2D eigenvalue weighted by molar-refractivity contribution is 0.0686. The first-order chi connectivity index (χ1) is 9.61. The van der Waals surface area contributed by atoms with Crippen LogP contribution in [0.3, 0.4) is 0 Å². The Balaban J connectivity index is 2.17. The number of carboxylic acids is 1. The van der Waals surface area contributed by atoms with Crippen molar-refractivity contribution in [3.8, 4) is 22.8 Å². The number of fused-ring (bicyclic) bond motifs is 1. The second-order valence-corrected chi connectivity index (χ2v) is 4.59. The van der Waals surface area contributed by atoms with Crippen molar-refractivity contribution in [3.05, 3.63) is 28.4 Å². The number of benzene rings is 1. The first-order valence-electron chi connectivity index (χ1n) is 5.93. The molecular formula is C13H10ClNO5. The molecule has 2 aromatic rings. The highest BCUT2D eigenvalue weighted by molar-refractivity contribution is 6.32. The van der Waals surface area contributed by atoms with E-state index in [2.05, 4.69) is 5.16 Å². The minimum absolute atomic E-state index is 0.113. The number of aromatic nitrogens is 1. The van der Waals surface area contributed by atoms with E-state index >= 15 is 0 Å². The maximum Gasteiger partial charge on any atom is 0.358 e. The van der Waals surface area contributed by atoms with Gasteiger partial charge in [-0.05, 0) is 12.5 Å². The van der Waals surface area contributed by atoms with Crippen molar-refractivity contribution >= 4 is 17.6 Å². The van der Waals surface area contributed by atoms with Crippen molar-refractivity contribution < 1.29 is 23.9 Å². The first kappa shape index (κ1) is 12.8. The minimum Gasteiger partial charge on any atom is -0.476 e. The third-order valence-electron chi connectivity index (χ3n) is 3.05. The van der Waals surface area contributed by atoms with Crippen LogP contribution >= 0.6 is 11.6 Å². The van der Waals surface area contributed by atoms with Crippen LogP contribution in [0.5, 0.6) is 11.5 Å². The second-order valence-electron chi connectivity index (χ2n) is 4.18. The molecule has 0 radical (unpaired) electrons. The van der Waals surface area contributed by atoms with Crippen LogP contribution in [0.25, 0.3) is 11.3 Å². The largest absolute Gasteiger partial charge is 0.476 e. The highest BCUT2D eigenvalue weighted by Crippen LogP contribution is 2.46. The molecule has 0 atom stereocenters. The number of nitrogens with zero attached hydrogens (tertiary/aromatic N) is 1. The van der Waals surface area contributed by atoms with Crippen molar-refractivity contribution in [1.82, 2.24) is 5.16 Å². The van der Waals surface area contributed by atoms with Gasteiger partial charge >= 0.3 is 5.97 Å². The molecular weight excluding hydrogens is 286 g/mol. The van der Waals surface area contributed by atoms with Gasteiger partial charge in [-0.2, -0.15) is 0 Å². The molecule has 0 unspecified atom stereocenters. The number of carboxylic acid groups (broad SMARTS) is 1. The summed E-state index contributed by atoms with van der Waals surface area (Å²) in [5.74, 6) is 0.262. The zero-order chi connectivity index (χ0) is 14.3. The highest BCUT2D eigenvalue weighted by Gasteiger charge is 2.26. The van der Waals surface area contributed by atoms with Gasteiger partial charge in [0, 0.05) is 17.2 Å². The quantitative estimate of drug-likeness (QED) is 0.937. The predicted octanol–water partition coefficient (Wildman–Crippen LogP) is 2.98. The molecule has 0 aliphatic carbocycles. The molecule has 1 N–H and O–H groups in total. The van der Waals surface area contributed by atoms with Gasteiger partial charge in [0.1, 0.15) is 0 Å². The number of rotatable bonds is 3. The van der Waals surface area contributed by atoms with Crippen LogP contribution in [0, 0.1) is 0 Å². The van der Waals surface area contributed by atoms with Gasteiger partial charge in [0.25, 0.3) is 0 Å². The Morgan fingerprint density at radius 3 is 2.80 bits per heavy atom. The lowest BCUT2D eigenvalue weighted by Gasteiger charge is -2.09. The molecule has 3 rings (SSSR count).